The molecular formula is C15H15FO4. The highest BCUT2D eigenvalue weighted by Gasteiger charge is 2.23. The molecular weight excluding hydrogens is 263 g/mol. The first-order valence-corrected chi connectivity index (χ1v) is 6.19. The van der Waals surface area contributed by atoms with Gasteiger partial charge in [0.05, 0.1) is 12.5 Å². The zero-order valence-electron chi connectivity index (χ0n) is 11.5. The molecule has 2 aromatic rings. The van der Waals surface area contributed by atoms with Crippen LogP contribution in [-0.2, 0) is 11.2 Å². The summed E-state index contributed by atoms with van der Waals surface area (Å²) < 4.78 is 24.4. The molecule has 2 rings (SSSR count). The summed E-state index contributed by atoms with van der Waals surface area (Å²) in [6.07, 6.45) is 0.410. The van der Waals surface area contributed by atoms with Gasteiger partial charge in [-0.2, -0.15) is 0 Å². The van der Waals surface area contributed by atoms with Crippen LogP contribution in [0.5, 0.6) is 17.2 Å². The zero-order chi connectivity index (χ0) is 14.9. The van der Waals surface area contributed by atoms with Gasteiger partial charge in [0, 0.05) is 17.9 Å². The molecule has 0 heterocycles. The number of phenolic OH excluding ortho intramolecular Hbond substituents is 1. The van der Waals surface area contributed by atoms with Crippen molar-refractivity contribution in [1.82, 2.24) is 0 Å². The fourth-order valence-electron chi connectivity index (χ4n) is 2.26. The van der Waals surface area contributed by atoms with Crippen LogP contribution in [0, 0.1) is 5.82 Å². The van der Waals surface area contributed by atoms with E-state index in [0.29, 0.717) is 17.4 Å². The van der Waals surface area contributed by atoms with E-state index >= 15 is 0 Å². The lowest BCUT2D eigenvalue weighted by atomic mass is 10.0. The van der Waals surface area contributed by atoms with Crippen molar-refractivity contribution < 1.29 is 23.8 Å². The number of esters is 1. The van der Waals surface area contributed by atoms with Gasteiger partial charge in [-0.05, 0) is 12.5 Å². The van der Waals surface area contributed by atoms with Crippen LogP contribution in [-0.4, -0.2) is 18.2 Å². The molecule has 0 saturated carbocycles. The average molecular weight is 278 g/mol. The number of aromatic hydroxyl groups is 1. The molecule has 0 atom stereocenters. The second kappa shape index (κ2) is 5.36. The topological polar surface area (TPSA) is 55.8 Å². The van der Waals surface area contributed by atoms with Gasteiger partial charge >= 0.3 is 5.97 Å². The summed E-state index contributed by atoms with van der Waals surface area (Å²) in [5, 5.41) is 10.6. The number of halogens is 1. The quantitative estimate of drug-likeness (QED) is 0.692. The number of phenols is 1. The molecule has 0 aliphatic carbocycles. The van der Waals surface area contributed by atoms with Crippen molar-refractivity contribution in [3.05, 3.63) is 29.6 Å². The summed E-state index contributed by atoms with van der Waals surface area (Å²) in [5.41, 5.74) is 0.404. The summed E-state index contributed by atoms with van der Waals surface area (Å²) in [6.45, 7) is 3.05. The molecule has 5 heteroatoms. The van der Waals surface area contributed by atoms with Gasteiger partial charge in [0.25, 0.3) is 0 Å². The summed E-state index contributed by atoms with van der Waals surface area (Å²) in [7, 11) is 1.41. The Kier molecular flexibility index (Phi) is 3.79. The smallest absolute Gasteiger partial charge is 0.308 e. The van der Waals surface area contributed by atoms with Gasteiger partial charge in [-0.1, -0.05) is 19.1 Å². The third-order valence-corrected chi connectivity index (χ3v) is 3.06. The summed E-state index contributed by atoms with van der Waals surface area (Å²) >= 11 is 0. The third-order valence-electron chi connectivity index (χ3n) is 3.06. The Morgan fingerprint density at radius 1 is 1.35 bits per heavy atom. The largest absolute Gasteiger partial charge is 0.507 e. The third kappa shape index (κ3) is 2.15. The number of methoxy groups -OCH3 is 1. The van der Waals surface area contributed by atoms with Crippen molar-refractivity contribution >= 4 is 16.7 Å². The van der Waals surface area contributed by atoms with Crippen molar-refractivity contribution in [3.8, 4) is 17.2 Å². The van der Waals surface area contributed by atoms with Gasteiger partial charge in [-0.3, -0.25) is 4.79 Å². The van der Waals surface area contributed by atoms with Crippen molar-refractivity contribution in [2.45, 2.75) is 20.3 Å². The molecule has 0 bridgehead atoms. The number of fused-ring (bicyclic) bond motifs is 1. The lowest BCUT2D eigenvalue weighted by molar-refractivity contribution is -0.131. The predicted octanol–water partition coefficient (Wildman–Crippen LogP) is 3.18. The van der Waals surface area contributed by atoms with Gasteiger partial charge in [-0.15, -0.1) is 0 Å². The second-order valence-electron chi connectivity index (χ2n) is 4.30. The molecule has 0 saturated heterocycles. The van der Waals surface area contributed by atoms with Gasteiger partial charge < -0.3 is 14.6 Å². The summed E-state index contributed by atoms with van der Waals surface area (Å²) in [4.78, 5) is 11.3. The highest BCUT2D eigenvalue weighted by atomic mass is 19.1. The standard InChI is InChI=1S/C15H15FO4/c1-4-9-13(18)12-10(6-5-7-11(12)16)15(14(9)19-3)20-8(2)17/h5-7,18H,4H2,1-3H3. The van der Waals surface area contributed by atoms with Gasteiger partial charge in [0.1, 0.15) is 11.6 Å². The first kappa shape index (κ1) is 14.1. The fraction of sp³-hybridized carbons (Fsp3) is 0.267. The van der Waals surface area contributed by atoms with Crippen molar-refractivity contribution in [1.29, 1.82) is 0 Å². The van der Waals surface area contributed by atoms with Crippen LogP contribution in [0.3, 0.4) is 0 Å². The van der Waals surface area contributed by atoms with E-state index in [-0.39, 0.29) is 22.6 Å². The van der Waals surface area contributed by atoms with Gasteiger partial charge in [0.2, 0.25) is 0 Å². The lowest BCUT2D eigenvalue weighted by Crippen LogP contribution is -2.06. The number of hydrogen-bond acceptors (Lipinski definition) is 4. The number of carbonyl (C=O) groups excluding carboxylic acids is 1. The first-order valence-electron chi connectivity index (χ1n) is 6.19. The predicted molar refractivity (Wildman–Crippen MR) is 72.8 cm³/mol. The molecule has 0 aliphatic heterocycles. The van der Waals surface area contributed by atoms with Crippen molar-refractivity contribution in [3.63, 3.8) is 0 Å². The molecule has 0 amide bonds. The Balaban J connectivity index is 2.95. The van der Waals surface area contributed by atoms with Gasteiger partial charge in [0.15, 0.2) is 11.5 Å². The zero-order valence-corrected chi connectivity index (χ0v) is 11.5. The molecule has 2 aromatic carbocycles. The average Bonchev–Trinajstić information content (AvgIpc) is 2.40. The van der Waals surface area contributed by atoms with Crippen LogP contribution in [0.15, 0.2) is 18.2 Å². The number of benzene rings is 2. The molecule has 4 nitrogen and oxygen atoms in total. The van der Waals surface area contributed by atoms with E-state index in [1.54, 1.807) is 13.0 Å². The molecule has 0 fully saturated rings. The minimum atomic E-state index is -0.578. The summed E-state index contributed by atoms with van der Waals surface area (Å²) in [5.74, 6) is -0.928. The van der Waals surface area contributed by atoms with E-state index in [0.717, 1.165) is 0 Å². The van der Waals surface area contributed by atoms with E-state index in [9.17, 15) is 14.3 Å². The molecule has 0 radical (unpaired) electrons. The van der Waals surface area contributed by atoms with E-state index in [2.05, 4.69) is 0 Å². The Labute approximate surface area is 115 Å². The molecule has 0 aliphatic rings. The SMILES string of the molecule is CCc1c(OC)c(OC(C)=O)c2cccc(F)c2c1O. The highest BCUT2D eigenvalue weighted by Crippen LogP contribution is 2.46. The molecule has 1 N–H and O–H groups in total. The number of ether oxygens (including phenoxy) is 2. The fourth-order valence-corrected chi connectivity index (χ4v) is 2.26. The van der Waals surface area contributed by atoms with E-state index in [4.69, 9.17) is 9.47 Å². The Morgan fingerprint density at radius 3 is 2.60 bits per heavy atom. The maximum Gasteiger partial charge on any atom is 0.308 e. The normalized spacial score (nSPS) is 10.6. The summed E-state index contributed by atoms with van der Waals surface area (Å²) in [6, 6.07) is 4.29. The minimum Gasteiger partial charge on any atom is -0.507 e. The van der Waals surface area contributed by atoms with Crippen LogP contribution in [0.4, 0.5) is 4.39 Å². The second-order valence-corrected chi connectivity index (χ2v) is 4.30. The molecule has 0 unspecified atom stereocenters. The van der Waals surface area contributed by atoms with Crippen LogP contribution in [0.25, 0.3) is 10.8 Å². The van der Waals surface area contributed by atoms with E-state index in [1.165, 1.54) is 26.2 Å². The number of carbonyl (C=O) groups is 1. The van der Waals surface area contributed by atoms with Gasteiger partial charge in [-0.25, -0.2) is 4.39 Å². The lowest BCUT2D eigenvalue weighted by Gasteiger charge is -2.17. The maximum absolute atomic E-state index is 14.0. The van der Waals surface area contributed by atoms with E-state index in [1.807, 2.05) is 0 Å². The van der Waals surface area contributed by atoms with Crippen LogP contribution in [0.2, 0.25) is 0 Å². The minimum absolute atomic E-state index is 0.0291. The Morgan fingerprint density at radius 2 is 2.05 bits per heavy atom. The van der Waals surface area contributed by atoms with Crippen LogP contribution >= 0.6 is 0 Å². The Hall–Kier alpha value is -2.30. The van der Waals surface area contributed by atoms with Crippen LogP contribution in [0.1, 0.15) is 19.4 Å². The molecule has 106 valence electrons. The van der Waals surface area contributed by atoms with Crippen LogP contribution < -0.4 is 9.47 Å². The maximum atomic E-state index is 14.0. The molecule has 20 heavy (non-hydrogen) atoms. The monoisotopic (exact) mass is 278 g/mol. The highest BCUT2D eigenvalue weighted by molar-refractivity contribution is 5.98. The van der Waals surface area contributed by atoms with E-state index < -0.39 is 11.8 Å². The first-order chi connectivity index (χ1) is 9.51. The molecule has 0 spiro atoms. The molecule has 0 aromatic heterocycles. The van der Waals surface area contributed by atoms with Crippen molar-refractivity contribution in [2.24, 2.45) is 0 Å². The number of hydrogen-bond donors (Lipinski definition) is 1. The Bertz CT molecular complexity index is 679. The number of rotatable bonds is 3. The van der Waals surface area contributed by atoms with Crippen molar-refractivity contribution in [2.75, 3.05) is 7.11 Å².